The van der Waals surface area contributed by atoms with Gasteiger partial charge in [0.25, 0.3) is 5.56 Å². The number of nitrogens with zero attached hydrogens (tertiary/aromatic N) is 2. The number of benzene rings is 1. The number of rotatable bonds is 10. The van der Waals surface area contributed by atoms with Crippen LogP contribution < -0.4 is 10.3 Å². The summed E-state index contributed by atoms with van der Waals surface area (Å²) in [5, 5.41) is 11.2. The highest BCUT2D eigenvalue weighted by Crippen LogP contribution is 2.34. The van der Waals surface area contributed by atoms with Crippen LogP contribution in [0, 0.1) is 0 Å². The second kappa shape index (κ2) is 9.70. The Bertz CT molecular complexity index is 1030. The van der Waals surface area contributed by atoms with Gasteiger partial charge in [-0.3, -0.25) is 9.69 Å². The Kier molecular flexibility index (Phi) is 6.79. The van der Waals surface area contributed by atoms with E-state index in [9.17, 15) is 9.90 Å². The number of para-hydroxylation sites is 1. The minimum absolute atomic E-state index is 0.0611. The van der Waals surface area contributed by atoms with Crippen molar-refractivity contribution in [2.45, 2.75) is 31.9 Å². The van der Waals surface area contributed by atoms with E-state index in [-0.39, 0.29) is 12.2 Å². The summed E-state index contributed by atoms with van der Waals surface area (Å²) in [7, 11) is 1.65. The molecule has 0 fully saturated rings. The Morgan fingerprint density at radius 3 is 2.93 bits per heavy atom. The highest BCUT2D eigenvalue weighted by atomic mass is 32.1. The lowest BCUT2D eigenvalue weighted by atomic mass is 10.2. The number of hydrogen-bond acceptors (Lipinski definition) is 7. The first-order valence-electron chi connectivity index (χ1n) is 10.2. The maximum absolute atomic E-state index is 12.7. The van der Waals surface area contributed by atoms with Gasteiger partial charge in [-0.2, -0.15) is 0 Å². The molecule has 0 saturated heterocycles. The maximum atomic E-state index is 12.7. The summed E-state index contributed by atoms with van der Waals surface area (Å²) in [4.78, 5) is 24.5. The molecular weight excluding hydrogens is 402 g/mol. The van der Waals surface area contributed by atoms with Gasteiger partial charge in [-0.1, -0.05) is 18.2 Å². The van der Waals surface area contributed by atoms with Gasteiger partial charge in [0.15, 0.2) is 0 Å². The molecule has 160 valence electrons. The molecule has 30 heavy (non-hydrogen) atoms. The summed E-state index contributed by atoms with van der Waals surface area (Å²) in [6.45, 7) is 2.14. The zero-order chi connectivity index (χ0) is 20.9. The number of H-pyrrole nitrogens is 1. The third kappa shape index (κ3) is 4.89. The summed E-state index contributed by atoms with van der Waals surface area (Å²) >= 11 is 1.64. The number of thiophene rings is 1. The molecular formula is C22H27N3O4S. The lowest BCUT2D eigenvalue weighted by Crippen LogP contribution is -2.38. The molecule has 8 heteroatoms. The van der Waals surface area contributed by atoms with Gasteiger partial charge in [-0.05, 0) is 37.0 Å². The largest absolute Gasteiger partial charge is 0.491 e. The van der Waals surface area contributed by atoms with E-state index in [2.05, 4.69) is 4.98 Å². The van der Waals surface area contributed by atoms with Gasteiger partial charge in [0.2, 0.25) is 0 Å². The summed E-state index contributed by atoms with van der Waals surface area (Å²) < 4.78 is 10.9. The van der Waals surface area contributed by atoms with Crippen molar-refractivity contribution < 1.29 is 14.6 Å². The summed E-state index contributed by atoms with van der Waals surface area (Å²) in [5.74, 6) is 1.34. The highest BCUT2D eigenvalue weighted by molar-refractivity contribution is 7.18. The van der Waals surface area contributed by atoms with Crippen LogP contribution >= 0.6 is 11.3 Å². The number of ether oxygens (including phenoxy) is 2. The molecule has 0 unspecified atom stereocenters. The molecule has 0 radical (unpaired) electrons. The summed E-state index contributed by atoms with van der Waals surface area (Å²) in [6, 6.07) is 9.43. The maximum Gasteiger partial charge on any atom is 0.259 e. The molecule has 7 nitrogen and oxygen atoms in total. The summed E-state index contributed by atoms with van der Waals surface area (Å²) in [5.41, 5.74) is 1.12. The third-order valence-electron chi connectivity index (χ3n) is 5.26. The van der Waals surface area contributed by atoms with Gasteiger partial charge in [0, 0.05) is 25.1 Å². The van der Waals surface area contributed by atoms with Crippen molar-refractivity contribution in [1.29, 1.82) is 0 Å². The van der Waals surface area contributed by atoms with Crippen LogP contribution in [-0.2, 0) is 24.1 Å². The van der Waals surface area contributed by atoms with Gasteiger partial charge < -0.3 is 19.6 Å². The first kappa shape index (κ1) is 21.0. The van der Waals surface area contributed by atoms with Crippen molar-refractivity contribution in [3.63, 3.8) is 0 Å². The van der Waals surface area contributed by atoms with Gasteiger partial charge in [-0.25, -0.2) is 4.98 Å². The Labute approximate surface area is 179 Å². The average Bonchev–Trinajstić information content (AvgIpc) is 3.32. The quantitative estimate of drug-likeness (QED) is 0.515. The Balaban J connectivity index is 1.44. The van der Waals surface area contributed by atoms with Crippen molar-refractivity contribution in [2.75, 3.05) is 33.4 Å². The minimum Gasteiger partial charge on any atom is -0.491 e. The van der Waals surface area contributed by atoms with E-state index in [1.165, 1.54) is 10.4 Å². The summed E-state index contributed by atoms with van der Waals surface area (Å²) in [6.07, 6.45) is 2.45. The van der Waals surface area contributed by atoms with Crippen LogP contribution in [0.4, 0.5) is 0 Å². The smallest absolute Gasteiger partial charge is 0.259 e. The molecule has 2 heterocycles. The molecule has 0 amide bonds. The Morgan fingerprint density at radius 2 is 2.13 bits per heavy atom. The lowest BCUT2D eigenvalue weighted by molar-refractivity contribution is 0.0533. The van der Waals surface area contributed by atoms with Gasteiger partial charge in [0.05, 0.1) is 18.5 Å². The molecule has 0 aliphatic heterocycles. The van der Waals surface area contributed by atoms with Crippen LogP contribution in [0.3, 0.4) is 0 Å². The first-order valence-corrected chi connectivity index (χ1v) is 11.1. The van der Waals surface area contributed by atoms with Crippen LogP contribution in [0.1, 0.15) is 22.7 Å². The number of aryl methyl sites for hydroxylation is 2. The number of aliphatic hydroxyl groups is 1. The van der Waals surface area contributed by atoms with E-state index >= 15 is 0 Å². The normalized spacial score (nSPS) is 14.4. The average molecular weight is 430 g/mol. The van der Waals surface area contributed by atoms with Gasteiger partial charge >= 0.3 is 0 Å². The Hall–Kier alpha value is -2.26. The van der Waals surface area contributed by atoms with E-state index in [4.69, 9.17) is 14.5 Å². The molecule has 2 N–H and O–H groups in total. The zero-order valence-corrected chi connectivity index (χ0v) is 17.9. The second-order valence-electron chi connectivity index (χ2n) is 7.56. The minimum atomic E-state index is -0.678. The first-order chi connectivity index (χ1) is 14.6. The molecule has 1 atom stereocenters. The SMILES string of the molecule is COCCN(Cc1nc2sc3c(c2c(=O)[nH]1)CCC3)C[C@@H](O)COc1ccccc1. The van der Waals surface area contributed by atoms with Crippen molar-refractivity contribution in [3.8, 4) is 5.75 Å². The predicted molar refractivity (Wildman–Crippen MR) is 117 cm³/mol. The fraction of sp³-hybridized carbons (Fsp3) is 0.455. The van der Waals surface area contributed by atoms with Gasteiger partial charge in [0.1, 0.15) is 29.1 Å². The topological polar surface area (TPSA) is 87.7 Å². The van der Waals surface area contributed by atoms with Gasteiger partial charge in [-0.15, -0.1) is 11.3 Å². The number of aromatic nitrogens is 2. The highest BCUT2D eigenvalue weighted by Gasteiger charge is 2.22. The van der Waals surface area contributed by atoms with Crippen LogP contribution in [0.25, 0.3) is 10.2 Å². The fourth-order valence-electron chi connectivity index (χ4n) is 3.85. The molecule has 0 bridgehead atoms. The molecule has 2 aromatic heterocycles. The van der Waals surface area contributed by atoms with E-state index in [1.807, 2.05) is 35.2 Å². The van der Waals surface area contributed by atoms with Crippen LogP contribution in [0.15, 0.2) is 35.1 Å². The number of nitrogens with one attached hydrogen (secondary N) is 1. The van der Waals surface area contributed by atoms with E-state index in [0.717, 1.165) is 35.2 Å². The van der Waals surface area contributed by atoms with Crippen LogP contribution in [-0.4, -0.2) is 59.5 Å². The zero-order valence-electron chi connectivity index (χ0n) is 17.1. The molecule has 1 aromatic carbocycles. The van der Waals surface area contributed by atoms with Crippen LogP contribution in [0.2, 0.25) is 0 Å². The molecule has 1 aliphatic carbocycles. The predicted octanol–water partition coefficient (Wildman–Crippen LogP) is 2.36. The van der Waals surface area contributed by atoms with Crippen molar-refractivity contribution in [1.82, 2.24) is 14.9 Å². The fourth-order valence-corrected chi connectivity index (χ4v) is 5.13. The van der Waals surface area contributed by atoms with E-state index < -0.39 is 6.10 Å². The molecule has 4 rings (SSSR count). The van der Waals surface area contributed by atoms with Crippen molar-refractivity contribution in [2.24, 2.45) is 0 Å². The number of hydrogen-bond donors (Lipinski definition) is 2. The third-order valence-corrected chi connectivity index (χ3v) is 6.45. The Morgan fingerprint density at radius 1 is 1.30 bits per heavy atom. The monoisotopic (exact) mass is 429 g/mol. The van der Waals surface area contributed by atoms with Crippen molar-refractivity contribution in [3.05, 3.63) is 57.0 Å². The molecule has 0 spiro atoms. The second-order valence-corrected chi connectivity index (χ2v) is 8.64. The molecule has 0 saturated carbocycles. The van der Waals surface area contributed by atoms with Crippen molar-refractivity contribution >= 4 is 21.6 Å². The van der Waals surface area contributed by atoms with E-state index in [1.54, 1.807) is 18.4 Å². The number of fused-ring (bicyclic) bond motifs is 3. The number of aromatic amines is 1. The molecule has 3 aromatic rings. The molecule has 1 aliphatic rings. The number of aliphatic hydroxyl groups excluding tert-OH is 1. The van der Waals surface area contributed by atoms with Crippen LogP contribution in [0.5, 0.6) is 5.75 Å². The standard InChI is InChI=1S/C22H27N3O4S/c1-28-11-10-25(12-15(26)14-29-16-6-3-2-4-7-16)13-19-23-21(27)20-17-8-5-9-18(17)30-22(20)24-19/h2-4,6-7,15,26H,5,8-14H2,1H3,(H,23,24,27)/t15-/m1/s1. The lowest BCUT2D eigenvalue weighted by Gasteiger charge is -2.24. The van der Waals surface area contributed by atoms with E-state index in [0.29, 0.717) is 32.1 Å². The number of methoxy groups -OCH3 is 1.